The van der Waals surface area contributed by atoms with Crippen LogP contribution >= 0.6 is 11.8 Å². The highest BCUT2D eigenvalue weighted by Gasteiger charge is 2.08. The molecule has 1 unspecified atom stereocenters. The summed E-state index contributed by atoms with van der Waals surface area (Å²) in [5.74, 6) is 0.707. The van der Waals surface area contributed by atoms with E-state index in [1.54, 1.807) is 11.8 Å². The van der Waals surface area contributed by atoms with E-state index in [-0.39, 0.29) is 6.10 Å². The molecule has 0 aliphatic rings. The third-order valence-electron chi connectivity index (χ3n) is 4.27. The zero-order valence-corrected chi connectivity index (χ0v) is 15.3. The number of unbranched alkanes of at least 4 members (excludes halogenated alkanes) is 1. The van der Waals surface area contributed by atoms with E-state index in [1.807, 2.05) is 18.3 Å². The van der Waals surface area contributed by atoms with Crippen molar-refractivity contribution in [2.24, 2.45) is 0 Å². The number of para-hydroxylation sites is 1. The van der Waals surface area contributed by atoms with Crippen LogP contribution in [0.3, 0.4) is 0 Å². The van der Waals surface area contributed by atoms with E-state index in [1.165, 1.54) is 22.3 Å². The first-order valence-electron chi connectivity index (χ1n) is 8.94. The van der Waals surface area contributed by atoms with Crippen molar-refractivity contribution in [3.05, 3.63) is 66.4 Å². The molecule has 1 atom stereocenters. The molecule has 3 aromatic rings. The third-order valence-corrected chi connectivity index (χ3v) is 5.47. The minimum absolute atomic E-state index is 0.326. The summed E-state index contributed by atoms with van der Waals surface area (Å²) in [5.41, 5.74) is 2.55. The number of fused-ring (bicyclic) bond motifs is 1. The Morgan fingerprint density at radius 2 is 1.80 bits per heavy atom. The predicted molar refractivity (Wildman–Crippen MR) is 107 cm³/mol. The van der Waals surface area contributed by atoms with E-state index >= 15 is 0 Å². The van der Waals surface area contributed by atoms with Gasteiger partial charge in [-0.1, -0.05) is 48.5 Å². The van der Waals surface area contributed by atoms with Crippen molar-refractivity contribution in [2.75, 3.05) is 18.8 Å². The number of hydrogen-bond acceptors (Lipinski definition) is 3. The second kappa shape index (κ2) is 9.66. The first-order valence-corrected chi connectivity index (χ1v) is 9.93. The van der Waals surface area contributed by atoms with E-state index in [0.717, 1.165) is 24.9 Å². The first-order chi connectivity index (χ1) is 12.3. The van der Waals surface area contributed by atoms with Crippen LogP contribution in [0.2, 0.25) is 0 Å². The molecule has 1 aromatic heterocycles. The molecule has 0 aliphatic carbocycles. The molecule has 4 heteroatoms. The van der Waals surface area contributed by atoms with Crippen molar-refractivity contribution in [1.82, 2.24) is 10.3 Å². The number of H-pyrrole nitrogens is 1. The summed E-state index contributed by atoms with van der Waals surface area (Å²) in [4.78, 5) is 4.48. The zero-order valence-electron chi connectivity index (χ0n) is 14.4. The minimum Gasteiger partial charge on any atom is -0.391 e. The van der Waals surface area contributed by atoms with Gasteiger partial charge in [-0.15, -0.1) is 11.8 Å². The van der Waals surface area contributed by atoms with Gasteiger partial charge in [0.25, 0.3) is 0 Å². The van der Waals surface area contributed by atoms with Crippen LogP contribution < -0.4 is 5.32 Å². The Hall–Kier alpha value is -1.75. The SMILES string of the molecule is OC(CNCCCCc1ccccc1)CSc1c[nH]c2ccccc12. The van der Waals surface area contributed by atoms with Crippen molar-refractivity contribution in [2.45, 2.75) is 30.3 Å². The highest BCUT2D eigenvalue weighted by atomic mass is 32.2. The normalized spacial score (nSPS) is 12.5. The third kappa shape index (κ3) is 5.63. The average molecular weight is 355 g/mol. The smallest absolute Gasteiger partial charge is 0.0758 e. The molecule has 1 heterocycles. The van der Waals surface area contributed by atoms with Crippen molar-refractivity contribution in [3.8, 4) is 0 Å². The van der Waals surface area contributed by atoms with Gasteiger partial charge in [0.1, 0.15) is 0 Å². The van der Waals surface area contributed by atoms with E-state index in [4.69, 9.17) is 0 Å². The molecule has 2 aromatic carbocycles. The predicted octanol–water partition coefficient (Wildman–Crippen LogP) is 4.23. The van der Waals surface area contributed by atoms with E-state index in [2.05, 4.69) is 52.8 Å². The molecule has 0 amide bonds. The molecule has 0 bridgehead atoms. The largest absolute Gasteiger partial charge is 0.391 e. The van der Waals surface area contributed by atoms with E-state index in [9.17, 15) is 5.11 Å². The highest BCUT2D eigenvalue weighted by molar-refractivity contribution is 7.99. The second-order valence-electron chi connectivity index (χ2n) is 6.31. The fourth-order valence-corrected chi connectivity index (χ4v) is 3.87. The van der Waals surface area contributed by atoms with Gasteiger partial charge >= 0.3 is 0 Å². The van der Waals surface area contributed by atoms with Gasteiger partial charge in [0.15, 0.2) is 0 Å². The van der Waals surface area contributed by atoms with Crippen molar-refractivity contribution < 1.29 is 5.11 Å². The fourth-order valence-electron chi connectivity index (χ4n) is 2.90. The number of aromatic nitrogens is 1. The Kier molecular flexibility index (Phi) is 6.98. The molecule has 0 radical (unpaired) electrons. The van der Waals surface area contributed by atoms with Crippen LogP contribution in [-0.4, -0.2) is 35.0 Å². The van der Waals surface area contributed by atoms with Crippen LogP contribution in [-0.2, 0) is 6.42 Å². The first kappa shape index (κ1) is 18.1. The molecular formula is C21H26N2OS. The lowest BCUT2D eigenvalue weighted by atomic mass is 10.1. The van der Waals surface area contributed by atoms with Crippen LogP contribution in [0.5, 0.6) is 0 Å². The molecule has 25 heavy (non-hydrogen) atoms. The standard InChI is InChI=1S/C21H26N2OS/c24-18(14-22-13-7-6-10-17-8-2-1-3-9-17)16-25-21-15-23-20-12-5-4-11-19(20)21/h1-5,8-9,11-12,15,18,22-24H,6-7,10,13-14,16H2. The van der Waals surface area contributed by atoms with Gasteiger partial charge in [0.2, 0.25) is 0 Å². The number of aromatic amines is 1. The summed E-state index contributed by atoms with van der Waals surface area (Å²) in [7, 11) is 0. The van der Waals surface area contributed by atoms with Crippen LogP contribution in [0, 0.1) is 0 Å². The van der Waals surface area contributed by atoms with Gasteiger partial charge in [-0.2, -0.15) is 0 Å². The van der Waals surface area contributed by atoms with Crippen LogP contribution in [0.15, 0.2) is 65.7 Å². The summed E-state index contributed by atoms with van der Waals surface area (Å²) in [6.45, 7) is 1.61. The maximum atomic E-state index is 10.2. The topological polar surface area (TPSA) is 48.0 Å². The highest BCUT2D eigenvalue weighted by Crippen LogP contribution is 2.27. The quantitative estimate of drug-likeness (QED) is 0.377. The molecule has 0 fully saturated rings. The van der Waals surface area contributed by atoms with Gasteiger partial charge in [0, 0.05) is 34.3 Å². The number of thioether (sulfide) groups is 1. The second-order valence-corrected chi connectivity index (χ2v) is 7.37. The number of aliphatic hydroxyl groups excluding tert-OH is 1. The molecule has 132 valence electrons. The monoisotopic (exact) mass is 354 g/mol. The molecule has 3 rings (SSSR count). The van der Waals surface area contributed by atoms with Crippen LogP contribution in [0.25, 0.3) is 10.9 Å². The molecule has 0 spiro atoms. The molecule has 3 nitrogen and oxygen atoms in total. The maximum absolute atomic E-state index is 10.2. The lowest BCUT2D eigenvalue weighted by Gasteiger charge is -2.11. The van der Waals surface area contributed by atoms with Gasteiger partial charge in [-0.25, -0.2) is 0 Å². The molecule has 3 N–H and O–H groups in total. The zero-order chi connectivity index (χ0) is 17.3. The Bertz CT molecular complexity index is 757. The summed E-state index contributed by atoms with van der Waals surface area (Å²) in [6.07, 6.45) is 5.14. The Labute approximate surface area is 153 Å². The van der Waals surface area contributed by atoms with Crippen molar-refractivity contribution in [3.63, 3.8) is 0 Å². The number of aryl methyl sites for hydroxylation is 1. The number of hydrogen-bond donors (Lipinski definition) is 3. The lowest BCUT2D eigenvalue weighted by Crippen LogP contribution is -2.29. The van der Waals surface area contributed by atoms with Gasteiger partial charge < -0.3 is 15.4 Å². The summed E-state index contributed by atoms with van der Waals surface area (Å²) in [5, 5.41) is 14.8. The number of rotatable bonds is 10. The summed E-state index contributed by atoms with van der Waals surface area (Å²) in [6, 6.07) is 18.9. The van der Waals surface area contributed by atoms with Gasteiger partial charge in [-0.05, 0) is 37.4 Å². The molecular weight excluding hydrogens is 328 g/mol. The number of nitrogens with one attached hydrogen (secondary N) is 2. The van der Waals surface area contributed by atoms with E-state index < -0.39 is 0 Å². The number of benzene rings is 2. The molecule has 0 saturated carbocycles. The Balaban J connectivity index is 1.29. The van der Waals surface area contributed by atoms with Gasteiger partial charge in [-0.3, -0.25) is 0 Å². The number of aliphatic hydroxyl groups is 1. The summed E-state index contributed by atoms with van der Waals surface area (Å²) >= 11 is 1.71. The molecule has 0 aliphatic heterocycles. The Morgan fingerprint density at radius 3 is 2.68 bits per heavy atom. The minimum atomic E-state index is -0.326. The average Bonchev–Trinajstić information content (AvgIpc) is 3.07. The van der Waals surface area contributed by atoms with Crippen molar-refractivity contribution >= 4 is 22.7 Å². The van der Waals surface area contributed by atoms with Gasteiger partial charge in [0.05, 0.1) is 6.10 Å². The lowest BCUT2D eigenvalue weighted by molar-refractivity contribution is 0.196. The fraction of sp³-hybridized carbons (Fsp3) is 0.333. The maximum Gasteiger partial charge on any atom is 0.0758 e. The Morgan fingerprint density at radius 1 is 1.00 bits per heavy atom. The molecule has 0 saturated heterocycles. The van der Waals surface area contributed by atoms with E-state index in [0.29, 0.717) is 12.3 Å². The van der Waals surface area contributed by atoms with Crippen molar-refractivity contribution in [1.29, 1.82) is 0 Å². The summed E-state index contributed by atoms with van der Waals surface area (Å²) < 4.78 is 0. The van der Waals surface area contributed by atoms with Crippen LogP contribution in [0.1, 0.15) is 18.4 Å². The van der Waals surface area contributed by atoms with Crippen LogP contribution in [0.4, 0.5) is 0 Å².